The van der Waals surface area contributed by atoms with Crippen LogP contribution in [0, 0.1) is 6.92 Å². The standard InChI is InChI=1S/C10H13NO3/c1-3-14-11(10(12)13)9-7-5-4-6-8(9)2/h4-7H,3H2,1-2H3,(H,12,13). The minimum Gasteiger partial charge on any atom is -0.463 e. The summed E-state index contributed by atoms with van der Waals surface area (Å²) in [5.41, 5.74) is 1.42. The SMILES string of the molecule is CCON(C(=O)O)c1ccccc1C. The summed E-state index contributed by atoms with van der Waals surface area (Å²) in [5, 5.41) is 9.77. The zero-order valence-corrected chi connectivity index (χ0v) is 8.23. The maximum absolute atomic E-state index is 10.8. The van der Waals surface area contributed by atoms with Gasteiger partial charge in [-0.15, -0.1) is 0 Å². The van der Waals surface area contributed by atoms with Gasteiger partial charge in [-0.25, -0.2) is 4.79 Å². The Hall–Kier alpha value is -1.55. The van der Waals surface area contributed by atoms with Crippen LogP contribution < -0.4 is 5.06 Å². The van der Waals surface area contributed by atoms with E-state index >= 15 is 0 Å². The van der Waals surface area contributed by atoms with E-state index in [9.17, 15) is 4.79 Å². The molecule has 14 heavy (non-hydrogen) atoms. The molecule has 0 aromatic heterocycles. The van der Waals surface area contributed by atoms with Gasteiger partial charge in [0.2, 0.25) is 0 Å². The van der Waals surface area contributed by atoms with Crippen molar-refractivity contribution in [2.75, 3.05) is 11.7 Å². The summed E-state index contributed by atoms with van der Waals surface area (Å²) in [6.07, 6.45) is -1.11. The number of hydrogen-bond donors (Lipinski definition) is 1. The van der Waals surface area contributed by atoms with Crippen molar-refractivity contribution in [1.29, 1.82) is 0 Å². The van der Waals surface area contributed by atoms with Gasteiger partial charge < -0.3 is 5.11 Å². The van der Waals surface area contributed by atoms with Crippen molar-refractivity contribution in [3.63, 3.8) is 0 Å². The Labute approximate surface area is 82.7 Å². The number of para-hydroxylation sites is 1. The fraction of sp³-hybridized carbons (Fsp3) is 0.300. The highest BCUT2D eigenvalue weighted by atomic mass is 16.7. The van der Waals surface area contributed by atoms with Gasteiger partial charge in [0.25, 0.3) is 0 Å². The molecule has 0 saturated carbocycles. The lowest BCUT2D eigenvalue weighted by atomic mass is 10.2. The van der Waals surface area contributed by atoms with Gasteiger partial charge in [0.05, 0.1) is 12.3 Å². The number of benzene rings is 1. The molecule has 0 atom stereocenters. The molecular weight excluding hydrogens is 182 g/mol. The second-order valence-corrected chi connectivity index (χ2v) is 2.78. The number of hydroxylamine groups is 1. The second kappa shape index (κ2) is 4.62. The van der Waals surface area contributed by atoms with Crippen molar-refractivity contribution < 1.29 is 14.7 Å². The molecule has 1 aromatic carbocycles. The van der Waals surface area contributed by atoms with Gasteiger partial charge >= 0.3 is 6.09 Å². The molecule has 76 valence electrons. The number of hydrogen-bond acceptors (Lipinski definition) is 2. The average Bonchev–Trinajstić information content (AvgIpc) is 2.15. The van der Waals surface area contributed by atoms with Gasteiger partial charge in [0.1, 0.15) is 0 Å². The first-order chi connectivity index (χ1) is 6.66. The third-order valence-corrected chi connectivity index (χ3v) is 1.77. The molecule has 4 heteroatoms. The van der Waals surface area contributed by atoms with E-state index < -0.39 is 6.09 Å². The maximum atomic E-state index is 10.8. The van der Waals surface area contributed by atoms with E-state index in [0.29, 0.717) is 12.3 Å². The largest absolute Gasteiger partial charge is 0.463 e. The normalized spacial score (nSPS) is 9.86. The van der Waals surface area contributed by atoms with Gasteiger partial charge in [-0.1, -0.05) is 18.2 Å². The zero-order chi connectivity index (χ0) is 10.6. The summed E-state index contributed by atoms with van der Waals surface area (Å²) in [7, 11) is 0. The highest BCUT2D eigenvalue weighted by molar-refractivity contribution is 5.84. The fourth-order valence-corrected chi connectivity index (χ4v) is 1.15. The predicted molar refractivity (Wildman–Crippen MR) is 53.3 cm³/mol. The van der Waals surface area contributed by atoms with E-state index in [2.05, 4.69) is 0 Å². The van der Waals surface area contributed by atoms with Crippen molar-refractivity contribution in [3.05, 3.63) is 29.8 Å². The number of anilines is 1. The maximum Gasteiger partial charge on any atom is 0.436 e. The molecule has 0 aliphatic rings. The minimum atomic E-state index is -1.11. The van der Waals surface area contributed by atoms with Crippen LogP contribution in [0.4, 0.5) is 10.5 Å². The molecule has 0 aliphatic carbocycles. The van der Waals surface area contributed by atoms with Crippen molar-refractivity contribution in [1.82, 2.24) is 0 Å². The molecule has 1 aromatic rings. The van der Waals surface area contributed by atoms with E-state index in [-0.39, 0.29) is 0 Å². The van der Waals surface area contributed by atoms with Crippen molar-refractivity contribution >= 4 is 11.8 Å². The van der Waals surface area contributed by atoms with E-state index in [4.69, 9.17) is 9.94 Å². The highest BCUT2D eigenvalue weighted by Crippen LogP contribution is 2.19. The number of amides is 1. The topological polar surface area (TPSA) is 49.8 Å². The molecule has 1 N–H and O–H groups in total. The van der Waals surface area contributed by atoms with Crippen LogP contribution in [0.1, 0.15) is 12.5 Å². The Morgan fingerprint density at radius 2 is 2.14 bits per heavy atom. The predicted octanol–water partition coefficient (Wildman–Crippen LogP) is 2.43. The summed E-state index contributed by atoms with van der Waals surface area (Å²) >= 11 is 0. The molecule has 0 bridgehead atoms. The zero-order valence-electron chi connectivity index (χ0n) is 8.23. The van der Waals surface area contributed by atoms with Crippen molar-refractivity contribution in [2.24, 2.45) is 0 Å². The minimum absolute atomic E-state index is 0.320. The number of carboxylic acid groups (broad SMARTS) is 1. The number of rotatable bonds is 3. The van der Waals surface area contributed by atoms with E-state index in [1.165, 1.54) is 0 Å². The molecule has 0 fully saturated rings. The molecule has 1 amide bonds. The lowest BCUT2D eigenvalue weighted by Crippen LogP contribution is -2.29. The van der Waals surface area contributed by atoms with E-state index in [0.717, 1.165) is 10.6 Å². The van der Waals surface area contributed by atoms with Gasteiger partial charge in [0, 0.05) is 0 Å². The third-order valence-electron chi connectivity index (χ3n) is 1.77. The summed E-state index contributed by atoms with van der Waals surface area (Å²) in [6.45, 7) is 3.90. The molecule has 0 saturated heterocycles. The summed E-state index contributed by atoms with van der Waals surface area (Å²) < 4.78 is 0. The molecule has 0 radical (unpaired) electrons. The second-order valence-electron chi connectivity index (χ2n) is 2.78. The summed E-state index contributed by atoms with van der Waals surface area (Å²) in [6, 6.07) is 7.17. The summed E-state index contributed by atoms with van der Waals surface area (Å²) in [5.74, 6) is 0. The molecule has 0 heterocycles. The number of carbonyl (C=O) groups is 1. The van der Waals surface area contributed by atoms with E-state index in [1.807, 2.05) is 19.1 Å². The van der Waals surface area contributed by atoms with Crippen LogP contribution in [-0.2, 0) is 4.84 Å². The van der Waals surface area contributed by atoms with Gasteiger partial charge in [0.15, 0.2) is 0 Å². The quantitative estimate of drug-likeness (QED) is 0.753. The lowest BCUT2D eigenvalue weighted by molar-refractivity contribution is 0.103. The molecular formula is C10H13NO3. The fourth-order valence-electron chi connectivity index (χ4n) is 1.15. The lowest BCUT2D eigenvalue weighted by Gasteiger charge is -2.19. The Morgan fingerprint density at radius 1 is 1.50 bits per heavy atom. The van der Waals surface area contributed by atoms with Crippen LogP contribution >= 0.6 is 0 Å². The Balaban J connectivity index is 2.99. The van der Waals surface area contributed by atoms with Crippen LogP contribution in [-0.4, -0.2) is 17.8 Å². The van der Waals surface area contributed by atoms with Crippen molar-refractivity contribution in [3.8, 4) is 0 Å². The van der Waals surface area contributed by atoms with Gasteiger partial charge in [-0.05, 0) is 25.5 Å². The van der Waals surface area contributed by atoms with Crippen LogP contribution in [0.25, 0.3) is 0 Å². The van der Waals surface area contributed by atoms with Gasteiger partial charge in [-0.3, -0.25) is 4.84 Å². The Morgan fingerprint density at radius 3 is 2.64 bits per heavy atom. The Bertz CT molecular complexity index is 325. The van der Waals surface area contributed by atoms with Crippen LogP contribution in [0.3, 0.4) is 0 Å². The highest BCUT2D eigenvalue weighted by Gasteiger charge is 2.15. The van der Waals surface area contributed by atoms with E-state index in [1.54, 1.807) is 19.1 Å². The van der Waals surface area contributed by atoms with Crippen LogP contribution in [0.15, 0.2) is 24.3 Å². The Kier molecular flexibility index (Phi) is 3.48. The molecule has 0 spiro atoms. The molecule has 1 rings (SSSR count). The summed E-state index contributed by atoms with van der Waals surface area (Å²) in [4.78, 5) is 15.8. The molecule has 4 nitrogen and oxygen atoms in total. The first-order valence-electron chi connectivity index (χ1n) is 4.38. The first kappa shape index (κ1) is 10.5. The first-order valence-corrected chi connectivity index (χ1v) is 4.38. The molecule has 0 unspecified atom stereocenters. The van der Waals surface area contributed by atoms with Crippen LogP contribution in [0.5, 0.6) is 0 Å². The third kappa shape index (κ3) is 2.23. The van der Waals surface area contributed by atoms with Gasteiger partial charge in [-0.2, -0.15) is 5.06 Å². The average molecular weight is 195 g/mol. The molecule has 0 aliphatic heterocycles. The number of aryl methyl sites for hydroxylation is 1. The number of nitrogens with zero attached hydrogens (tertiary/aromatic N) is 1. The smallest absolute Gasteiger partial charge is 0.436 e. The van der Waals surface area contributed by atoms with Crippen molar-refractivity contribution in [2.45, 2.75) is 13.8 Å². The monoisotopic (exact) mass is 195 g/mol. The van der Waals surface area contributed by atoms with Crippen LogP contribution in [0.2, 0.25) is 0 Å².